The molecule has 178 valence electrons. The average molecular weight is 484 g/mol. The standard InChI is InChI=1S/C23H25ClF3N3O3/c1-28-12-11-21(31)30-13-5-4-7-19(30)22(32)29-15-9-10-16(18(24)14-15)17-6-2-3-8-20(17)33-23(25,26)27/h2-3,6,8-10,14,19,28H,4-5,7,11-13H2,1H3,(H,29,32)/t19-/m1/s1. The van der Waals surface area contributed by atoms with Crippen molar-refractivity contribution in [3.05, 3.63) is 47.5 Å². The van der Waals surface area contributed by atoms with Crippen LogP contribution in [0.5, 0.6) is 5.75 Å². The Balaban J connectivity index is 1.77. The van der Waals surface area contributed by atoms with Gasteiger partial charge in [0.2, 0.25) is 11.8 Å². The number of carbonyl (C=O) groups excluding carboxylic acids is 2. The largest absolute Gasteiger partial charge is 0.573 e. The minimum atomic E-state index is -4.84. The van der Waals surface area contributed by atoms with Gasteiger partial charge in [0.15, 0.2) is 0 Å². The summed E-state index contributed by atoms with van der Waals surface area (Å²) in [5.74, 6) is -0.780. The Hall–Kier alpha value is -2.78. The van der Waals surface area contributed by atoms with E-state index in [0.717, 1.165) is 12.8 Å². The Morgan fingerprint density at radius 1 is 1.15 bits per heavy atom. The summed E-state index contributed by atoms with van der Waals surface area (Å²) >= 11 is 6.35. The van der Waals surface area contributed by atoms with Crippen LogP contribution in [-0.4, -0.2) is 49.3 Å². The average Bonchev–Trinajstić information content (AvgIpc) is 2.77. The lowest BCUT2D eigenvalue weighted by atomic mass is 10.0. The van der Waals surface area contributed by atoms with Crippen LogP contribution in [0.3, 0.4) is 0 Å². The van der Waals surface area contributed by atoms with Crippen LogP contribution in [-0.2, 0) is 9.59 Å². The molecule has 1 atom stereocenters. The highest BCUT2D eigenvalue weighted by Crippen LogP contribution is 2.38. The number of alkyl halides is 3. The van der Waals surface area contributed by atoms with E-state index in [0.29, 0.717) is 37.2 Å². The quantitative estimate of drug-likeness (QED) is 0.591. The van der Waals surface area contributed by atoms with E-state index in [2.05, 4.69) is 15.4 Å². The Morgan fingerprint density at radius 2 is 1.91 bits per heavy atom. The van der Waals surface area contributed by atoms with Gasteiger partial charge in [-0.05, 0) is 44.5 Å². The maximum absolute atomic E-state index is 12.9. The van der Waals surface area contributed by atoms with Gasteiger partial charge in [-0.15, -0.1) is 13.2 Å². The summed E-state index contributed by atoms with van der Waals surface area (Å²) in [6.07, 6.45) is -2.29. The lowest BCUT2D eigenvalue weighted by Crippen LogP contribution is -2.50. The zero-order valence-electron chi connectivity index (χ0n) is 18.0. The fraction of sp³-hybridized carbons (Fsp3) is 0.391. The maximum Gasteiger partial charge on any atom is 0.573 e. The van der Waals surface area contributed by atoms with Gasteiger partial charge in [-0.1, -0.05) is 35.9 Å². The van der Waals surface area contributed by atoms with Crippen molar-refractivity contribution in [3.63, 3.8) is 0 Å². The summed E-state index contributed by atoms with van der Waals surface area (Å²) in [5, 5.41) is 5.86. The van der Waals surface area contributed by atoms with Crippen LogP contribution >= 0.6 is 11.6 Å². The van der Waals surface area contributed by atoms with Crippen molar-refractivity contribution in [3.8, 4) is 16.9 Å². The molecule has 1 fully saturated rings. The zero-order valence-corrected chi connectivity index (χ0v) is 18.8. The van der Waals surface area contributed by atoms with E-state index in [1.807, 2.05) is 0 Å². The number of ether oxygens (including phenoxy) is 1. The van der Waals surface area contributed by atoms with Crippen molar-refractivity contribution < 1.29 is 27.5 Å². The van der Waals surface area contributed by atoms with Crippen LogP contribution in [0.4, 0.5) is 18.9 Å². The maximum atomic E-state index is 12.9. The first-order valence-electron chi connectivity index (χ1n) is 10.6. The highest BCUT2D eigenvalue weighted by atomic mass is 35.5. The fourth-order valence-electron chi connectivity index (χ4n) is 3.82. The highest BCUT2D eigenvalue weighted by molar-refractivity contribution is 6.33. The van der Waals surface area contributed by atoms with Crippen LogP contribution in [0.15, 0.2) is 42.5 Å². The molecule has 1 aliphatic heterocycles. The van der Waals surface area contributed by atoms with Crippen molar-refractivity contribution in [2.75, 3.05) is 25.5 Å². The number of nitrogens with one attached hydrogen (secondary N) is 2. The van der Waals surface area contributed by atoms with E-state index in [1.54, 1.807) is 24.1 Å². The Kier molecular flexibility index (Phi) is 8.20. The van der Waals surface area contributed by atoms with Gasteiger partial charge in [-0.25, -0.2) is 0 Å². The summed E-state index contributed by atoms with van der Waals surface area (Å²) in [6, 6.07) is 9.65. The molecule has 2 aromatic carbocycles. The van der Waals surface area contributed by atoms with Gasteiger partial charge in [-0.2, -0.15) is 0 Å². The molecular formula is C23H25ClF3N3O3. The number of piperidine rings is 1. The number of anilines is 1. The monoisotopic (exact) mass is 483 g/mol. The fourth-order valence-corrected chi connectivity index (χ4v) is 4.10. The normalized spacial score (nSPS) is 16.4. The minimum absolute atomic E-state index is 0.0844. The topological polar surface area (TPSA) is 70.7 Å². The van der Waals surface area contributed by atoms with E-state index in [1.165, 1.54) is 30.3 Å². The number of amides is 2. The summed E-state index contributed by atoms with van der Waals surface area (Å²) in [4.78, 5) is 27.0. The van der Waals surface area contributed by atoms with Crippen molar-refractivity contribution in [2.45, 2.75) is 38.1 Å². The minimum Gasteiger partial charge on any atom is -0.405 e. The van der Waals surface area contributed by atoms with Crippen molar-refractivity contribution >= 4 is 29.1 Å². The van der Waals surface area contributed by atoms with E-state index in [4.69, 9.17) is 11.6 Å². The summed E-state index contributed by atoms with van der Waals surface area (Å²) < 4.78 is 42.3. The molecule has 1 saturated heterocycles. The summed E-state index contributed by atoms with van der Waals surface area (Å²) in [7, 11) is 1.76. The molecule has 0 radical (unpaired) electrons. The zero-order chi connectivity index (χ0) is 24.0. The molecule has 2 aromatic rings. The first-order valence-corrected chi connectivity index (χ1v) is 11.0. The van der Waals surface area contributed by atoms with Gasteiger partial charge >= 0.3 is 6.36 Å². The Bertz CT molecular complexity index is 1000. The number of rotatable bonds is 7. The van der Waals surface area contributed by atoms with E-state index in [-0.39, 0.29) is 28.1 Å². The van der Waals surface area contributed by atoms with Gasteiger partial charge in [0.1, 0.15) is 11.8 Å². The molecule has 1 heterocycles. The van der Waals surface area contributed by atoms with Gasteiger partial charge in [0.25, 0.3) is 0 Å². The predicted octanol–water partition coefficient (Wildman–Crippen LogP) is 4.83. The van der Waals surface area contributed by atoms with Gasteiger partial charge in [-0.3, -0.25) is 9.59 Å². The van der Waals surface area contributed by atoms with Crippen molar-refractivity contribution in [2.24, 2.45) is 0 Å². The lowest BCUT2D eigenvalue weighted by molar-refractivity contribution is -0.274. The van der Waals surface area contributed by atoms with Crippen LogP contribution in [0.25, 0.3) is 11.1 Å². The van der Waals surface area contributed by atoms with Crippen LogP contribution in [0.2, 0.25) is 5.02 Å². The van der Waals surface area contributed by atoms with Crippen LogP contribution in [0.1, 0.15) is 25.7 Å². The van der Waals surface area contributed by atoms with E-state index >= 15 is 0 Å². The second kappa shape index (κ2) is 10.9. The van der Waals surface area contributed by atoms with Crippen molar-refractivity contribution in [1.29, 1.82) is 0 Å². The first-order chi connectivity index (χ1) is 15.7. The lowest BCUT2D eigenvalue weighted by Gasteiger charge is -2.34. The molecule has 0 bridgehead atoms. The summed E-state index contributed by atoms with van der Waals surface area (Å²) in [5.41, 5.74) is 0.888. The third-order valence-electron chi connectivity index (χ3n) is 5.35. The summed E-state index contributed by atoms with van der Waals surface area (Å²) in [6.45, 7) is 1.05. The molecule has 33 heavy (non-hydrogen) atoms. The predicted molar refractivity (Wildman–Crippen MR) is 120 cm³/mol. The second-order valence-electron chi connectivity index (χ2n) is 7.68. The second-order valence-corrected chi connectivity index (χ2v) is 8.09. The molecule has 2 amide bonds. The third-order valence-corrected chi connectivity index (χ3v) is 5.67. The Labute approximate surface area is 195 Å². The number of para-hydroxylation sites is 1. The van der Waals surface area contributed by atoms with Gasteiger partial charge in [0.05, 0.1) is 5.02 Å². The molecule has 6 nitrogen and oxygen atoms in total. The molecule has 0 unspecified atom stereocenters. The number of hydrogen-bond donors (Lipinski definition) is 2. The van der Waals surface area contributed by atoms with Gasteiger partial charge < -0.3 is 20.3 Å². The molecule has 0 spiro atoms. The number of carbonyl (C=O) groups is 2. The van der Waals surface area contributed by atoms with Crippen LogP contribution < -0.4 is 15.4 Å². The molecule has 0 aromatic heterocycles. The molecule has 3 rings (SSSR count). The number of hydrogen-bond acceptors (Lipinski definition) is 4. The van der Waals surface area contributed by atoms with E-state index < -0.39 is 12.4 Å². The molecular weight excluding hydrogens is 459 g/mol. The third kappa shape index (κ3) is 6.61. The first kappa shape index (κ1) is 24.9. The Morgan fingerprint density at radius 3 is 2.61 bits per heavy atom. The highest BCUT2D eigenvalue weighted by Gasteiger charge is 2.33. The van der Waals surface area contributed by atoms with Crippen LogP contribution in [0, 0.1) is 0 Å². The molecule has 10 heteroatoms. The number of benzene rings is 2. The molecule has 0 aliphatic carbocycles. The number of nitrogens with zero attached hydrogens (tertiary/aromatic N) is 1. The number of halogens is 4. The van der Waals surface area contributed by atoms with E-state index in [9.17, 15) is 22.8 Å². The SMILES string of the molecule is CNCCC(=O)N1CCCC[C@@H]1C(=O)Nc1ccc(-c2ccccc2OC(F)(F)F)c(Cl)c1. The smallest absolute Gasteiger partial charge is 0.405 e. The van der Waals surface area contributed by atoms with Crippen molar-refractivity contribution in [1.82, 2.24) is 10.2 Å². The molecule has 2 N–H and O–H groups in total. The van der Waals surface area contributed by atoms with Gasteiger partial charge in [0, 0.05) is 36.3 Å². The molecule has 0 saturated carbocycles. The molecule has 1 aliphatic rings. The number of likely N-dealkylation sites (tertiary alicyclic amines) is 1.